The minimum atomic E-state index is 0.422. The fraction of sp³-hybridized carbons (Fsp3) is 0.263. The highest BCUT2D eigenvalue weighted by atomic mass is 32.2. The van der Waals surface area contributed by atoms with Crippen LogP contribution in [0.2, 0.25) is 0 Å². The topological polar surface area (TPSA) is 0 Å². The summed E-state index contributed by atoms with van der Waals surface area (Å²) >= 11 is 3.91. The van der Waals surface area contributed by atoms with Crippen LogP contribution in [-0.4, -0.2) is 11.5 Å². The Labute approximate surface area is 137 Å². The van der Waals surface area contributed by atoms with Crippen molar-refractivity contribution in [3.63, 3.8) is 0 Å². The van der Waals surface area contributed by atoms with Gasteiger partial charge in [0.15, 0.2) is 0 Å². The van der Waals surface area contributed by atoms with Crippen LogP contribution in [0.1, 0.15) is 30.2 Å². The van der Waals surface area contributed by atoms with E-state index in [0.29, 0.717) is 5.25 Å². The Hall–Kier alpha value is -1.12. The van der Waals surface area contributed by atoms with Crippen molar-refractivity contribution in [1.82, 2.24) is 0 Å². The first kappa shape index (κ1) is 16.3. The van der Waals surface area contributed by atoms with Crippen molar-refractivity contribution in [2.24, 2.45) is 0 Å². The Morgan fingerprint density at radius 1 is 0.905 bits per heavy atom. The van der Waals surface area contributed by atoms with E-state index in [0.717, 1.165) is 11.5 Å². The van der Waals surface area contributed by atoms with Gasteiger partial charge in [-0.15, -0.1) is 23.5 Å². The summed E-state index contributed by atoms with van der Waals surface area (Å²) in [5, 5.41) is 0.422. The van der Waals surface area contributed by atoms with Gasteiger partial charge in [-0.2, -0.15) is 0 Å². The van der Waals surface area contributed by atoms with Gasteiger partial charge in [0.1, 0.15) is 0 Å². The molecule has 0 radical (unpaired) electrons. The van der Waals surface area contributed by atoms with Crippen molar-refractivity contribution >= 4 is 28.4 Å². The normalized spacial score (nSPS) is 13.1. The van der Waals surface area contributed by atoms with E-state index in [-0.39, 0.29) is 0 Å². The summed E-state index contributed by atoms with van der Waals surface area (Å²) in [7, 11) is 0. The molecular formula is C19H22S2. The summed E-state index contributed by atoms with van der Waals surface area (Å²) < 4.78 is 0. The van der Waals surface area contributed by atoms with E-state index >= 15 is 0 Å². The molecule has 2 rings (SSSR count). The second kappa shape index (κ2) is 9.01. The zero-order chi connectivity index (χ0) is 14.9. The van der Waals surface area contributed by atoms with Crippen LogP contribution >= 0.6 is 23.5 Å². The highest BCUT2D eigenvalue weighted by molar-refractivity contribution is 8.08. The number of thioether (sulfide) groups is 2. The molecule has 0 spiro atoms. The molecule has 0 heterocycles. The van der Waals surface area contributed by atoms with Gasteiger partial charge >= 0.3 is 0 Å². The molecule has 0 N–H and O–H groups in total. The van der Waals surface area contributed by atoms with Crippen LogP contribution in [0.4, 0.5) is 0 Å². The van der Waals surface area contributed by atoms with E-state index in [9.17, 15) is 0 Å². The largest absolute Gasteiger partial charge is 0.150 e. The number of hydrogen-bond acceptors (Lipinski definition) is 2. The maximum absolute atomic E-state index is 2.42. The van der Waals surface area contributed by atoms with Gasteiger partial charge in [-0.1, -0.05) is 80.6 Å². The Morgan fingerprint density at radius 3 is 2.10 bits per heavy atom. The molecule has 110 valence electrons. The third-order valence-corrected chi connectivity index (χ3v) is 5.21. The van der Waals surface area contributed by atoms with E-state index in [1.54, 1.807) is 0 Å². The van der Waals surface area contributed by atoms with Gasteiger partial charge in [-0.25, -0.2) is 0 Å². The monoisotopic (exact) mass is 314 g/mol. The number of benzene rings is 2. The van der Waals surface area contributed by atoms with Crippen LogP contribution in [0, 0.1) is 0 Å². The van der Waals surface area contributed by atoms with Crippen LogP contribution in [0.25, 0.3) is 4.91 Å². The van der Waals surface area contributed by atoms with E-state index in [1.165, 1.54) is 16.0 Å². The van der Waals surface area contributed by atoms with Gasteiger partial charge in [0, 0.05) is 10.2 Å². The van der Waals surface area contributed by atoms with Gasteiger partial charge in [-0.3, -0.25) is 0 Å². The molecule has 0 aromatic heterocycles. The highest BCUT2D eigenvalue weighted by Crippen LogP contribution is 2.36. The van der Waals surface area contributed by atoms with Crippen molar-refractivity contribution in [1.29, 1.82) is 0 Å². The van der Waals surface area contributed by atoms with Crippen LogP contribution in [0.15, 0.2) is 66.7 Å². The number of rotatable bonds is 7. The van der Waals surface area contributed by atoms with Crippen LogP contribution in [-0.2, 0) is 0 Å². The molecule has 0 saturated carbocycles. The predicted octanol–water partition coefficient (Wildman–Crippen LogP) is 6.28. The molecule has 0 amide bonds. The summed E-state index contributed by atoms with van der Waals surface area (Å²) in [5.41, 5.74) is 2.71. The molecule has 21 heavy (non-hydrogen) atoms. The molecule has 0 bridgehead atoms. The van der Waals surface area contributed by atoms with Gasteiger partial charge in [0.05, 0.1) is 0 Å². The fourth-order valence-corrected chi connectivity index (χ4v) is 4.06. The fourth-order valence-electron chi connectivity index (χ4n) is 2.19. The molecule has 0 fully saturated rings. The lowest BCUT2D eigenvalue weighted by Gasteiger charge is -2.15. The van der Waals surface area contributed by atoms with Crippen molar-refractivity contribution in [3.8, 4) is 0 Å². The molecule has 0 nitrogen and oxygen atoms in total. The first-order chi connectivity index (χ1) is 10.3. The standard InChI is InChI=1S/C19H22S2/c1-3-20-18(16-11-7-5-8-12-16)15-19(21-4-2)17-13-9-6-10-14-17/h5-15,18H,3-4H2,1-2H3/b19-15+. The second-order valence-corrected chi connectivity index (χ2v) is 7.34. The Bertz CT molecular complexity index is 546. The van der Waals surface area contributed by atoms with Crippen LogP contribution in [0.3, 0.4) is 0 Å². The lowest BCUT2D eigenvalue weighted by Crippen LogP contribution is -1.93. The molecule has 0 aliphatic rings. The molecule has 0 aliphatic heterocycles. The smallest absolute Gasteiger partial charge is 0.0491 e. The van der Waals surface area contributed by atoms with Gasteiger partial charge in [0.25, 0.3) is 0 Å². The molecule has 0 aliphatic carbocycles. The second-order valence-electron chi connectivity index (χ2n) is 4.62. The summed E-state index contributed by atoms with van der Waals surface area (Å²) in [6, 6.07) is 21.5. The average Bonchev–Trinajstić information content (AvgIpc) is 2.55. The summed E-state index contributed by atoms with van der Waals surface area (Å²) in [6.45, 7) is 4.44. The zero-order valence-corrected chi connectivity index (χ0v) is 14.3. The third-order valence-electron chi connectivity index (χ3n) is 3.14. The molecule has 0 saturated heterocycles. The quantitative estimate of drug-likeness (QED) is 0.590. The van der Waals surface area contributed by atoms with E-state index < -0.39 is 0 Å². The Kier molecular flexibility index (Phi) is 6.98. The maximum atomic E-state index is 2.42. The maximum Gasteiger partial charge on any atom is 0.0491 e. The van der Waals surface area contributed by atoms with Crippen LogP contribution in [0.5, 0.6) is 0 Å². The van der Waals surface area contributed by atoms with Crippen molar-refractivity contribution < 1.29 is 0 Å². The van der Waals surface area contributed by atoms with Crippen molar-refractivity contribution in [2.45, 2.75) is 19.1 Å². The number of hydrogen-bond donors (Lipinski definition) is 0. The van der Waals surface area contributed by atoms with Crippen molar-refractivity contribution in [2.75, 3.05) is 11.5 Å². The predicted molar refractivity (Wildman–Crippen MR) is 99.9 cm³/mol. The van der Waals surface area contributed by atoms with Gasteiger partial charge < -0.3 is 0 Å². The Morgan fingerprint density at radius 2 is 1.52 bits per heavy atom. The molecule has 2 aromatic rings. The lowest BCUT2D eigenvalue weighted by molar-refractivity contribution is 1.23. The first-order valence-electron chi connectivity index (χ1n) is 7.41. The van der Waals surface area contributed by atoms with E-state index in [1.807, 2.05) is 23.5 Å². The first-order valence-corrected chi connectivity index (χ1v) is 9.45. The minimum absolute atomic E-state index is 0.422. The Balaban J connectivity index is 2.33. The lowest BCUT2D eigenvalue weighted by atomic mass is 10.1. The molecule has 2 heteroatoms. The summed E-state index contributed by atoms with van der Waals surface area (Å²) in [5.74, 6) is 2.22. The van der Waals surface area contributed by atoms with Crippen LogP contribution < -0.4 is 0 Å². The minimum Gasteiger partial charge on any atom is -0.150 e. The van der Waals surface area contributed by atoms with E-state index in [2.05, 4.69) is 80.6 Å². The molecule has 1 atom stereocenters. The summed E-state index contributed by atoms with van der Waals surface area (Å²) in [6.07, 6.45) is 2.42. The highest BCUT2D eigenvalue weighted by Gasteiger charge is 2.11. The zero-order valence-electron chi connectivity index (χ0n) is 12.7. The average molecular weight is 315 g/mol. The molecular weight excluding hydrogens is 292 g/mol. The van der Waals surface area contributed by atoms with Gasteiger partial charge in [0.2, 0.25) is 0 Å². The SMILES string of the molecule is CCS/C(=C/C(SCC)c1ccccc1)c1ccccc1. The van der Waals surface area contributed by atoms with E-state index in [4.69, 9.17) is 0 Å². The molecule has 1 unspecified atom stereocenters. The van der Waals surface area contributed by atoms with Crippen molar-refractivity contribution in [3.05, 3.63) is 77.9 Å². The van der Waals surface area contributed by atoms with Gasteiger partial charge in [-0.05, 0) is 22.6 Å². The third kappa shape index (κ3) is 4.98. The summed E-state index contributed by atoms with van der Waals surface area (Å²) in [4.78, 5) is 1.38. The molecule has 2 aromatic carbocycles.